The minimum Gasteiger partial charge on any atom is -0.490 e. The van der Waals surface area contributed by atoms with Crippen molar-refractivity contribution in [1.82, 2.24) is 10.6 Å². The number of anilines is 1. The first kappa shape index (κ1) is 22.8. The monoisotopic (exact) mass is 405 g/mol. The summed E-state index contributed by atoms with van der Waals surface area (Å²) in [6.45, 7) is 5.57. The molecule has 1 aromatic carbocycles. The largest absolute Gasteiger partial charge is 0.490 e. The van der Waals surface area contributed by atoms with Gasteiger partial charge in [-0.15, -0.1) is 0 Å². The van der Waals surface area contributed by atoms with Crippen LogP contribution in [-0.2, 0) is 4.79 Å². The van der Waals surface area contributed by atoms with E-state index in [4.69, 9.17) is 9.47 Å². The molecule has 0 unspecified atom stereocenters. The van der Waals surface area contributed by atoms with Crippen molar-refractivity contribution in [3.63, 3.8) is 0 Å². The smallest absolute Gasteiger partial charge is 0.315 e. The van der Waals surface area contributed by atoms with Gasteiger partial charge >= 0.3 is 6.03 Å². The summed E-state index contributed by atoms with van der Waals surface area (Å²) in [7, 11) is 0. The molecule has 0 aromatic heterocycles. The quantitative estimate of drug-likeness (QED) is 0.514. The second-order valence-electron chi connectivity index (χ2n) is 7.39. The fraction of sp³-hybridized carbons (Fsp3) is 0.636. The molecular weight excluding hydrogens is 370 g/mol. The molecular formula is C22H35N3O4. The Kier molecular flexibility index (Phi) is 10.2. The van der Waals surface area contributed by atoms with Crippen molar-refractivity contribution < 1.29 is 19.1 Å². The molecule has 0 saturated heterocycles. The molecule has 7 heteroatoms. The molecule has 3 amide bonds. The van der Waals surface area contributed by atoms with Crippen LogP contribution in [0.15, 0.2) is 18.2 Å². The van der Waals surface area contributed by atoms with E-state index in [1.807, 2.05) is 19.9 Å². The fourth-order valence-corrected chi connectivity index (χ4v) is 3.24. The van der Waals surface area contributed by atoms with Gasteiger partial charge < -0.3 is 25.4 Å². The standard InChI is InChI=1S/C22H35N3O4/c1-3-14-28-19-11-10-18(16-20(19)29-15-4-2)24-21(26)12-13-23-22(27)25-17-8-6-5-7-9-17/h10-11,16-17H,3-9,12-15H2,1-2H3,(H,24,26)(H2,23,25,27). The van der Waals surface area contributed by atoms with E-state index < -0.39 is 0 Å². The Labute approximate surface area is 173 Å². The van der Waals surface area contributed by atoms with Crippen LogP contribution in [0.1, 0.15) is 65.2 Å². The maximum atomic E-state index is 12.2. The molecule has 0 atom stereocenters. The average molecular weight is 406 g/mol. The van der Waals surface area contributed by atoms with E-state index in [9.17, 15) is 9.59 Å². The van der Waals surface area contributed by atoms with E-state index >= 15 is 0 Å². The Bertz CT molecular complexity index is 645. The van der Waals surface area contributed by atoms with Crippen molar-refractivity contribution in [2.75, 3.05) is 25.1 Å². The fourth-order valence-electron chi connectivity index (χ4n) is 3.24. The van der Waals surface area contributed by atoms with E-state index in [0.29, 0.717) is 36.9 Å². The maximum absolute atomic E-state index is 12.2. The third kappa shape index (κ3) is 8.62. The molecule has 0 spiro atoms. The predicted octanol–water partition coefficient (Wildman–Crippen LogP) is 4.22. The zero-order valence-electron chi connectivity index (χ0n) is 17.7. The second-order valence-corrected chi connectivity index (χ2v) is 7.39. The van der Waals surface area contributed by atoms with Gasteiger partial charge in [0.2, 0.25) is 5.91 Å². The summed E-state index contributed by atoms with van der Waals surface area (Å²) in [5.74, 6) is 1.15. The zero-order chi connectivity index (χ0) is 20.9. The van der Waals surface area contributed by atoms with E-state index in [0.717, 1.165) is 25.7 Å². The molecule has 2 rings (SSSR count). The van der Waals surface area contributed by atoms with Gasteiger partial charge in [0.05, 0.1) is 13.2 Å². The molecule has 29 heavy (non-hydrogen) atoms. The third-order valence-corrected chi connectivity index (χ3v) is 4.73. The van der Waals surface area contributed by atoms with E-state index in [1.165, 1.54) is 19.3 Å². The Morgan fingerprint density at radius 3 is 2.38 bits per heavy atom. The van der Waals surface area contributed by atoms with Gasteiger partial charge in [0.25, 0.3) is 0 Å². The number of hydrogen-bond acceptors (Lipinski definition) is 4. The number of nitrogens with one attached hydrogen (secondary N) is 3. The SMILES string of the molecule is CCCOc1ccc(NC(=O)CCNC(=O)NC2CCCCC2)cc1OCCC. The molecule has 7 nitrogen and oxygen atoms in total. The van der Waals surface area contributed by atoms with Gasteiger partial charge in [0.1, 0.15) is 0 Å². The summed E-state index contributed by atoms with van der Waals surface area (Å²) < 4.78 is 11.5. The summed E-state index contributed by atoms with van der Waals surface area (Å²) in [6.07, 6.45) is 7.65. The van der Waals surface area contributed by atoms with E-state index in [1.54, 1.807) is 12.1 Å². The van der Waals surface area contributed by atoms with Crippen molar-refractivity contribution in [3.05, 3.63) is 18.2 Å². The highest BCUT2D eigenvalue weighted by Crippen LogP contribution is 2.31. The Morgan fingerprint density at radius 2 is 1.69 bits per heavy atom. The summed E-state index contributed by atoms with van der Waals surface area (Å²) in [4.78, 5) is 24.1. The highest BCUT2D eigenvalue weighted by Gasteiger charge is 2.15. The normalized spacial score (nSPS) is 14.1. The number of urea groups is 1. The molecule has 162 valence electrons. The zero-order valence-corrected chi connectivity index (χ0v) is 17.7. The number of ether oxygens (including phenoxy) is 2. The van der Waals surface area contributed by atoms with Crippen molar-refractivity contribution in [2.24, 2.45) is 0 Å². The van der Waals surface area contributed by atoms with E-state index in [-0.39, 0.29) is 24.4 Å². The summed E-state index contributed by atoms with van der Waals surface area (Å²) in [6, 6.07) is 5.45. The molecule has 1 aliphatic rings. The van der Waals surface area contributed by atoms with Gasteiger partial charge in [-0.2, -0.15) is 0 Å². The van der Waals surface area contributed by atoms with Crippen LogP contribution in [0.2, 0.25) is 0 Å². The summed E-state index contributed by atoms with van der Waals surface area (Å²) in [5.41, 5.74) is 0.650. The lowest BCUT2D eigenvalue weighted by atomic mass is 9.96. The van der Waals surface area contributed by atoms with Crippen LogP contribution in [0, 0.1) is 0 Å². The van der Waals surface area contributed by atoms with Crippen LogP contribution in [-0.4, -0.2) is 37.7 Å². The van der Waals surface area contributed by atoms with Crippen LogP contribution < -0.4 is 25.4 Å². The van der Waals surface area contributed by atoms with Crippen LogP contribution in [0.4, 0.5) is 10.5 Å². The number of benzene rings is 1. The minimum absolute atomic E-state index is 0.161. The van der Waals surface area contributed by atoms with E-state index in [2.05, 4.69) is 16.0 Å². The summed E-state index contributed by atoms with van der Waals surface area (Å²) >= 11 is 0. The topological polar surface area (TPSA) is 88.7 Å². The number of carbonyl (C=O) groups is 2. The number of rotatable bonds is 11. The molecule has 1 saturated carbocycles. The first-order valence-corrected chi connectivity index (χ1v) is 10.9. The van der Waals surface area contributed by atoms with Crippen LogP contribution in [0.3, 0.4) is 0 Å². The lowest BCUT2D eigenvalue weighted by Crippen LogP contribution is -2.43. The Morgan fingerprint density at radius 1 is 1.00 bits per heavy atom. The van der Waals surface area contributed by atoms with Gasteiger partial charge in [-0.3, -0.25) is 4.79 Å². The van der Waals surface area contributed by atoms with Crippen LogP contribution in [0.5, 0.6) is 11.5 Å². The maximum Gasteiger partial charge on any atom is 0.315 e. The average Bonchev–Trinajstić information content (AvgIpc) is 2.72. The molecule has 3 N–H and O–H groups in total. The minimum atomic E-state index is -0.197. The van der Waals surface area contributed by atoms with Gasteiger partial charge in [0.15, 0.2) is 11.5 Å². The van der Waals surface area contributed by atoms with Gasteiger partial charge in [-0.05, 0) is 37.8 Å². The van der Waals surface area contributed by atoms with Crippen molar-refractivity contribution >= 4 is 17.6 Å². The van der Waals surface area contributed by atoms with Crippen LogP contribution >= 0.6 is 0 Å². The third-order valence-electron chi connectivity index (χ3n) is 4.73. The highest BCUT2D eigenvalue weighted by atomic mass is 16.5. The second kappa shape index (κ2) is 12.9. The lowest BCUT2D eigenvalue weighted by Gasteiger charge is -2.22. The predicted molar refractivity (Wildman–Crippen MR) is 115 cm³/mol. The van der Waals surface area contributed by atoms with Crippen molar-refractivity contribution in [2.45, 2.75) is 71.3 Å². The van der Waals surface area contributed by atoms with Crippen LogP contribution in [0.25, 0.3) is 0 Å². The van der Waals surface area contributed by atoms with Crippen molar-refractivity contribution in [3.8, 4) is 11.5 Å². The van der Waals surface area contributed by atoms with Gasteiger partial charge in [0, 0.05) is 30.8 Å². The lowest BCUT2D eigenvalue weighted by molar-refractivity contribution is -0.116. The molecule has 0 heterocycles. The van der Waals surface area contributed by atoms with Crippen molar-refractivity contribution in [1.29, 1.82) is 0 Å². The summed E-state index contributed by atoms with van der Waals surface area (Å²) in [5, 5.41) is 8.59. The highest BCUT2D eigenvalue weighted by molar-refractivity contribution is 5.91. The molecule has 0 radical (unpaired) electrons. The molecule has 1 aliphatic carbocycles. The molecule has 1 aromatic rings. The van der Waals surface area contributed by atoms with Gasteiger partial charge in [-0.25, -0.2) is 4.79 Å². The number of hydrogen-bond donors (Lipinski definition) is 3. The first-order chi connectivity index (χ1) is 14.1. The number of amides is 3. The molecule has 1 fully saturated rings. The van der Waals surface area contributed by atoms with Gasteiger partial charge in [-0.1, -0.05) is 33.1 Å². The number of carbonyl (C=O) groups excluding carboxylic acids is 2. The first-order valence-electron chi connectivity index (χ1n) is 10.9. The molecule has 0 aliphatic heterocycles. The Hall–Kier alpha value is -2.44. The molecule has 0 bridgehead atoms. The Balaban J connectivity index is 1.77.